The van der Waals surface area contributed by atoms with Crippen LogP contribution in [-0.4, -0.2) is 0 Å². The summed E-state index contributed by atoms with van der Waals surface area (Å²) in [5, 5.41) is 0. The lowest BCUT2D eigenvalue weighted by Gasteiger charge is -2.26. The predicted molar refractivity (Wildman–Crippen MR) is 114 cm³/mol. The predicted octanol–water partition coefficient (Wildman–Crippen LogP) is 9.44. The first-order valence-electron chi connectivity index (χ1n) is 10.7. The van der Waals surface area contributed by atoms with Crippen molar-refractivity contribution in [1.29, 1.82) is 0 Å². The van der Waals surface area contributed by atoms with Crippen molar-refractivity contribution in [3.05, 3.63) is 12.2 Å². The van der Waals surface area contributed by atoms with Crippen LogP contribution in [0.5, 0.6) is 0 Å². The summed E-state index contributed by atoms with van der Waals surface area (Å²) >= 11 is 0. The Hall–Kier alpha value is -0.260. The average Bonchev–Trinajstić information content (AvgIpc) is 2.55. The number of unbranched alkanes of at least 4 members (excludes halogenated alkanes) is 1. The van der Waals surface area contributed by atoms with Crippen LogP contribution < -0.4 is 0 Å². The first-order chi connectivity index (χ1) is 11.0. The molecule has 1 fully saturated rings. The second kappa shape index (κ2) is 29.7. The van der Waals surface area contributed by atoms with Gasteiger partial charge in [-0.05, 0) is 31.1 Å². The number of hydrogen-bond acceptors (Lipinski definition) is 0. The second-order valence-electron chi connectivity index (χ2n) is 6.28. The molecule has 0 radical (unpaired) electrons. The Morgan fingerprint density at radius 1 is 0.870 bits per heavy atom. The molecule has 0 saturated heterocycles. The van der Waals surface area contributed by atoms with E-state index in [1.165, 1.54) is 56.9 Å². The van der Waals surface area contributed by atoms with Gasteiger partial charge in [0.05, 0.1) is 0 Å². The summed E-state index contributed by atoms with van der Waals surface area (Å²) in [4.78, 5) is 0. The van der Waals surface area contributed by atoms with E-state index in [1.54, 1.807) is 0 Å². The van der Waals surface area contributed by atoms with Crippen molar-refractivity contribution >= 4 is 0 Å². The monoisotopic (exact) mass is 328 g/mol. The quantitative estimate of drug-likeness (QED) is 0.426. The zero-order valence-electron chi connectivity index (χ0n) is 18.7. The fraction of sp³-hybridized carbons (Fsp3) is 0.913. The Bertz CT molecular complexity index is 172. The summed E-state index contributed by atoms with van der Waals surface area (Å²) in [5.74, 6) is 2.04. The van der Waals surface area contributed by atoms with Crippen LogP contribution in [0.25, 0.3) is 0 Å². The molecule has 0 aromatic carbocycles. The van der Waals surface area contributed by atoms with Crippen LogP contribution in [0.2, 0.25) is 0 Å². The van der Waals surface area contributed by atoms with Crippen LogP contribution in [0.3, 0.4) is 0 Å². The highest BCUT2D eigenvalue weighted by Gasteiger charge is 2.17. The molecule has 1 aliphatic rings. The summed E-state index contributed by atoms with van der Waals surface area (Å²) < 4.78 is 0. The van der Waals surface area contributed by atoms with Gasteiger partial charge in [-0.15, -0.1) is 0 Å². The van der Waals surface area contributed by atoms with Gasteiger partial charge in [-0.1, -0.05) is 120 Å². The molecule has 0 nitrogen and oxygen atoms in total. The molecule has 0 bridgehead atoms. The summed E-state index contributed by atoms with van der Waals surface area (Å²) in [7, 11) is 0. The molecule has 0 spiro atoms. The van der Waals surface area contributed by atoms with E-state index in [0.717, 1.165) is 18.3 Å². The van der Waals surface area contributed by atoms with Crippen LogP contribution >= 0.6 is 0 Å². The zero-order chi connectivity index (χ0) is 19.1. The molecule has 1 rings (SSSR count). The van der Waals surface area contributed by atoms with Gasteiger partial charge in [0.2, 0.25) is 0 Å². The van der Waals surface area contributed by atoms with Gasteiger partial charge < -0.3 is 0 Å². The molecule has 0 aromatic rings. The molecule has 0 N–H and O–H groups in total. The van der Waals surface area contributed by atoms with E-state index in [2.05, 4.69) is 48.1 Å². The summed E-state index contributed by atoms with van der Waals surface area (Å²) in [6.45, 7) is 25.2. The van der Waals surface area contributed by atoms with Crippen LogP contribution in [0.1, 0.15) is 127 Å². The topological polar surface area (TPSA) is 0 Å². The molecule has 0 aromatic heterocycles. The van der Waals surface area contributed by atoms with Gasteiger partial charge >= 0.3 is 0 Å². The molecule has 0 heteroatoms. The molecule has 23 heavy (non-hydrogen) atoms. The van der Waals surface area contributed by atoms with Gasteiger partial charge in [0.15, 0.2) is 0 Å². The molecule has 0 aliphatic heterocycles. The van der Waals surface area contributed by atoms with Crippen molar-refractivity contribution in [2.24, 2.45) is 11.8 Å². The minimum absolute atomic E-state index is 0.931. The molecule has 1 aliphatic carbocycles. The number of hydrogen-bond donors (Lipinski definition) is 0. The van der Waals surface area contributed by atoms with E-state index in [-0.39, 0.29) is 0 Å². The largest absolute Gasteiger partial charge is 0.0999 e. The van der Waals surface area contributed by atoms with E-state index in [1.807, 2.05) is 27.7 Å². The maximum Gasteiger partial charge on any atom is -0.0326 e. The molecule has 0 amide bonds. The fourth-order valence-electron chi connectivity index (χ4n) is 1.93. The van der Waals surface area contributed by atoms with E-state index in [0.29, 0.717) is 0 Å². The average molecular weight is 329 g/mol. The van der Waals surface area contributed by atoms with E-state index >= 15 is 0 Å². The minimum atomic E-state index is 0.931. The molecule has 0 unspecified atom stereocenters. The van der Waals surface area contributed by atoms with Crippen LogP contribution in [0.4, 0.5) is 0 Å². The number of rotatable bonds is 6. The first-order valence-corrected chi connectivity index (χ1v) is 10.7. The van der Waals surface area contributed by atoms with Gasteiger partial charge in [0, 0.05) is 0 Å². The van der Waals surface area contributed by atoms with Crippen molar-refractivity contribution in [2.75, 3.05) is 0 Å². The van der Waals surface area contributed by atoms with E-state index in [4.69, 9.17) is 0 Å². The molecule has 144 valence electrons. The van der Waals surface area contributed by atoms with Gasteiger partial charge in [0.25, 0.3) is 0 Å². The highest BCUT2D eigenvalue weighted by molar-refractivity contribution is 4.91. The summed E-state index contributed by atoms with van der Waals surface area (Å²) in [6, 6.07) is 0. The second-order valence-corrected chi connectivity index (χ2v) is 6.28. The maximum atomic E-state index is 3.86. The zero-order valence-corrected chi connectivity index (χ0v) is 18.7. The SMILES string of the molecule is C=C(CC)CCC.CC.CC.CC(C)CC1CCC1.CCCC. The standard InChI is InChI=1S/C8H16.C7H14.C4H10.2C2H6/c1-7(2)6-8-4-3-5-8;1-4-6-7(3)5-2;1-3-4-2;2*1-2/h7-8H,3-6H2,1-2H3;3-6H2,1-2H3;3-4H2,1-2H3;2*1-2H3. The Kier molecular flexibility index (Phi) is 39.5. The van der Waals surface area contributed by atoms with Crippen LogP contribution in [-0.2, 0) is 0 Å². The Labute approximate surface area is 151 Å². The Morgan fingerprint density at radius 3 is 1.39 bits per heavy atom. The lowest BCUT2D eigenvalue weighted by Crippen LogP contribution is -2.12. The third-order valence-electron chi connectivity index (χ3n) is 3.63. The van der Waals surface area contributed by atoms with Crippen LogP contribution in [0.15, 0.2) is 12.2 Å². The van der Waals surface area contributed by atoms with Crippen molar-refractivity contribution in [3.63, 3.8) is 0 Å². The lowest BCUT2D eigenvalue weighted by atomic mass is 9.80. The number of allylic oxidation sites excluding steroid dienone is 1. The van der Waals surface area contributed by atoms with Crippen molar-refractivity contribution < 1.29 is 0 Å². The normalized spacial score (nSPS) is 12.0. The highest BCUT2D eigenvalue weighted by atomic mass is 14.2. The first kappa shape index (κ1) is 30.6. The maximum absolute atomic E-state index is 3.86. The van der Waals surface area contributed by atoms with Crippen molar-refractivity contribution in [2.45, 2.75) is 127 Å². The van der Waals surface area contributed by atoms with Gasteiger partial charge in [-0.2, -0.15) is 0 Å². The summed E-state index contributed by atoms with van der Waals surface area (Å²) in [5.41, 5.74) is 1.38. The van der Waals surface area contributed by atoms with Crippen molar-refractivity contribution in [3.8, 4) is 0 Å². The lowest BCUT2D eigenvalue weighted by molar-refractivity contribution is 0.264. The van der Waals surface area contributed by atoms with Crippen LogP contribution in [0, 0.1) is 11.8 Å². The van der Waals surface area contributed by atoms with E-state index in [9.17, 15) is 0 Å². The molecule has 1 saturated carbocycles. The third-order valence-corrected chi connectivity index (χ3v) is 3.63. The Balaban J connectivity index is -0.000000110. The van der Waals surface area contributed by atoms with Gasteiger partial charge in [-0.3, -0.25) is 0 Å². The molecular weight excluding hydrogens is 276 g/mol. The van der Waals surface area contributed by atoms with Gasteiger partial charge in [-0.25, -0.2) is 0 Å². The van der Waals surface area contributed by atoms with Crippen molar-refractivity contribution in [1.82, 2.24) is 0 Å². The smallest absolute Gasteiger partial charge is 0.0326 e. The molecule has 0 heterocycles. The molecular formula is C23H52. The molecule has 0 atom stereocenters. The fourth-order valence-corrected chi connectivity index (χ4v) is 1.93. The van der Waals surface area contributed by atoms with E-state index < -0.39 is 0 Å². The minimum Gasteiger partial charge on any atom is -0.0999 e. The third kappa shape index (κ3) is 34.2. The highest BCUT2D eigenvalue weighted by Crippen LogP contribution is 2.31. The van der Waals surface area contributed by atoms with Gasteiger partial charge in [0.1, 0.15) is 0 Å². The Morgan fingerprint density at radius 2 is 1.30 bits per heavy atom. The summed E-state index contributed by atoms with van der Waals surface area (Å²) in [6.07, 6.45) is 12.2.